The van der Waals surface area contributed by atoms with E-state index in [1.807, 2.05) is 0 Å². The van der Waals surface area contributed by atoms with Gasteiger partial charge >= 0.3 is 5.97 Å². The highest BCUT2D eigenvalue weighted by atomic mass is 16.8. The van der Waals surface area contributed by atoms with Gasteiger partial charge in [-0.3, -0.25) is 4.79 Å². The molecule has 200 valence electrons. The van der Waals surface area contributed by atoms with Crippen LogP contribution >= 0.6 is 0 Å². The molecule has 1 unspecified atom stereocenters. The first-order chi connectivity index (χ1) is 16.1. The van der Waals surface area contributed by atoms with E-state index < -0.39 is 73.5 Å². The third-order valence-electron chi connectivity index (χ3n) is 6.46. The lowest BCUT2D eigenvalue weighted by Crippen LogP contribution is -2.63. The van der Waals surface area contributed by atoms with Gasteiger partial charge < -0.3 is 49.2 Å². The van der Waals surface area contributed by atoms with Crippen LogP contribution in [0, 0.1) is 0 Å². The molecule has 0 spiro atoms. The van der Waals surface area contributed by atoms with Crippen LogP contribution < -0.4 is 0 Å². The predicted molar refractivity (Wildman–Crippen MR) is 118 cm³/mol. The highest BCUT2D eigenvalue weighted by molar-refractivity contribution is 5.69. The summed E-state index contributed by atoms with van der Waals surface area (Å²) in [6.07, 6.45) is -7.84. The standard InChI is InChI=1S/C23H42O11/c1-5-6-7-8-9-10-14(11-15(24)30-4)33-23-21(19(28)17(26)13(3)32-23)34-22-20(29)18(27)16(25)12(2)31-22/h12-14,16-23,25-29H,5-11H2,1-4H3/t12-,13-,14?,16+,17-,18-,19+,20-,21+,22+,23-/m0/s1. The van der Waals surface area contributed by atoms with Crippen LogP contribution in [-0.2, 0) is 28.5 Å². The number of hydrogen-bond donors (Lipinski definition) is 5. The van der Waals surface area contributed by atoms with Crippen molar-refractivity contribution < 1.29 is 54.0 Å². The Bertz CT molecular complexity index is 605. The Kier molecular flexibility index (Phi) is 12.1. The topological polar surface area (TPSA) is 164 Å². The quantitative estimate of drug-likeness (QED) is 0.183. The fraction of sp³-hybridized carbons (Fsp3) is 0.957. The van der Waals surface area contributed by atoms with E-state index in [9.17, 15) is 30.3 Å². The van der Waals surface area contributed by atoms with Crippen LogP contribution in [0.15, 0.2) is 0 Å². The van der Waals surface area contributed by atoms with Gasteiger partial charge in [-0.2, -0.15) is 0 Å². The van der Waals surface area contributed by atoms with Crippen molar-refractivity contribution in [2.24, 2.45) is 0 Å². The molecule has 2 saturated heterocycles. The number of ether oxygens (including phenoxy) is 5. The first-order valence-electron chi connectivity index (χ1n) is 12.2. The van der Waals surface area contributed by atoms with Gasteiger partial charge in [-0.25, -0.2) is 0 Å². The van der Waals surface area contributed by atoms with E-state index in [0.717, 1.165) is 32.1 Å². The van der Waals surface area contributed by atoms with Gasteiger partial charge in [0.1, 0.15) is 36.6 Å². The second kappa shape index (κ2) is 14.0. The molecule has 0 radical (unpaired) electrons. The Balaban J connectivity index is 2.13. The van der Waals surface area contributed by atoms with Crippen molar-refractivity contribution >= 4 is 5.97 Å². The van der Waals surface area contributed by atoms with Gasteiger partial charge in [0.15, 0.2) is 12.6 Å². The molecule has 11 nitrogen and oxygen atoms in total. The number of esters is 1. The van der Waals surface area contributed by atoms with Crippen LogP contribution in [0.1, 0.15) is 65.7 Å². The van der Waals surface area contributed by atoms with Gasteiger partial charge in [-0.15, -0.1) is 0 Å². The molecule has 0 saturated carbocycles. The van der Waals surface area contributed by atoms with Crippen molar-refractivity contribution in [3.63, 3.8) is 0 Å². The Labute approximate surface area is 200 Å². The minimum Gasteiger partial charge on any atom is -0.469 e. The molecule has 2 aliphatic heterocycles. The molecule has 2 fully saturated rings. The fourth-order valence-corrected chi connectivity index (χ4v) is 4.19. The maximum Gasteiger partial charge on any atom is 0.308 e. The van der Waals surface area contributed by atoms with E-state index in [1.54, 1.807) is 6.92 Å². The molecule has 2 aliphatic rings. The van der Waals surface area contributed by atoms with Gasteiger partial charge in [0.05, 0.1) is 31.8 Å². The molecule has 2 heterocycles. The van der Waals surface area contributed by atoms with Gasteiger partial charge in [-0.05, 0) is 20.3 Å². The zero-order valence-electron chi connectivity index (χ0n) is 20.5. The molecule has 0 amide bonds. The summed E-state index contributed by atoms with van der Waals surface area (Å²) in [6.45, 7) is 5.19. The smallest absolute Gasteiger partial charge is 0.308 e. The summed E-state index contributed by atoms with van der Waals surface area (Å²) in [5.74, 6) is -0.461. The lowest BCUT2D eigenvalue weighted by molar-refractivity contribution is -0.366. The molecule has 5 N–H and O–H groups in total. The normalized spacial score (nSPS) is 39.6. The van der Waals surface area contributed by atoms with E-state index in [-0.39, 0.29) is 6.42 Å². The first-order valence-corrected chi connectivity index (χ1v) is 12.2. The van der Waals surface area contributed by atoms with Crippen LogP contribution in [-0.4, -0.2) is 106 Å². The summed E-state index contributed by atoms with van der Waals surface area (Å²) in [7, 11) is 1.29. The Morgan fingerprint density at radius 2 is 1.41 bits per heavy atom. The Morgan fingerprint density at radius 3 is 2.03 bits per heavy atom. The summed E-state index contributed by atoms with van der Waals surface area (Å²) < 4.78 is 27.8. The number of carbonyl (C=O) groups is 1. The van der Waals surface area contributed by atoms with E-state index in [2.05, 4.69) is 6.92 Å². The van der Waals surface area contributed by atoms with E-state index >= 15 is 0 Å². The minimum atomic E-state index is -1.61. The molecule has 0 aromatic rings. The van der Waals surface area contributed by atoms with Crippen LogP contribution in [0.2, 0.25) is 0 Å². The largest absolute Gasteiger partial charge is 0.469 e. The summed E-state index contributed by atoms with van der Waals surface area (Å²) in [4.78, 5) is 12.0. The molecular weight excluding hydrogens is 452 g/mol. The minimum absolute atomic E-state index is 0.0334. The van der Waals surface area contributed by atoms with Crippen LogP contribution in [0.3, 0.4) is 0 Å². The zero-order valence-corrected chi connectivity index (χ0v) is 20.5. The Hall–Kier alpha value is -0.890. The summed E-state index contributed by atoms with van der Waals surface area (Å²) in [5.41, 5.74) is 0. The third kappa shape index (κ3) is 7.81. The number of methoxy groups -OCH3 is 1. The zero-order chi connectivity index (χ0) is 25.4. The summed E-state index contributed by atoms with van der Waals surface area (Å²) >= 11 is 0. The second-order valence-electron chi connectivity index (χ2n) is 9.21. The molecule has 0 aromatic carbocycles. The lowest BCUT2D eigenvalue weighted by atomic mass is 9.97. The SMILES string of the molecule is CCCCCCCC(CC(=O)OC)O[C@@H]1O[C@@H](C)[C@H](O)[C@@H](O)[C@H]1O[C@H]1O[C@@H](C)[C@@H](O)[C@H](O)[C@@H]1O. The molecule has 0 aromatic heterocycles. The van der Waals surface area contributed by atoms with E-state index in [1.165, 1.54) is 14.0 Å². The number of rotatable bonds is 12. The van der Waals surface area contributed by atoms with Gasteiger partial charge in [-0.1, -0.05) is 39.0 Å². The number of unbranched alkanes of at least 4 members (excludes halogenated alkanes) is 4. The van der Waals surface area contributed by atoms with Crippen molar-refractivity contribution in [1.29, 1.82) is 0 Å². The van der Waals surface area contributed by atoms with Gasteiger partial charge in [0.25, 0.3) is 0 Å². The van der Waals surface area contributed by atoms with Crippen molar-refractivity contribution in [3.05, 3.63) is 0 Å². The number of hydrogen-bond acceptors (Lipinski definition) is 11. The third-order valence-corrected chi connectivity index (χ3v) is 6.46. The number of carbonyl (C=O) groups excluding carboxylic acids is 1. The van der Waals surface area contributed by atoms with Gasteiger partial charge in [0.2, 0.25) is 0 Å². The van der Waals surface area contributed by atoms with Crippen LogP contribution in [0.25, 0.3) is 0 Å². The molecule has 11 atom stereocenters. The summed E-state index contributed by atoms with van der Waals surface area (Å²) in [5, 5.41) is 51.4. The van der Waals surface area contributed by atoms with Crippen LogP contribution in [0.5, 0.6) is 0 Å². The van der Waals surface area contributed by atoms with Crippen molar-refractivity contribution in [1.82, 2.24) is 0 Å². The van der Waals surface area contributed by atoms with E-state index in [0.29, 0.717) is 6.42 Å². The molecule has 11 heteroatoms. The monoisotopic (exact) mass is 494 g/mol. The fourth-order valence-electron chi connectivity index (χ4n) is 4.19. The molecular formula is C23H42O11. The highest BCUT2D eigenvalue weighted by Gasteiger charge is 2.50. The van der Waals surface area contributed by atoms with Crippen molar-refractivity contribution in [2.45, 2.75) is 133 Å². The average molecular weight is 495 g/mol. The maximum absolute atomic E-state index is 12.0. The van der Waals surface area contributed by atoms with E-state index in [4.69, 9.17) is 23.7 Å². The molecule has 34 heavy (non-hydrogen) atoms. The molecule has 0 aliphatic carbocycles. The second-order valence-corrected chi connectivity index (χ2v) is 9.21. The number of aliphatic hydroxyl groups excluding tert-OH is 5. The highest BCUT2D eigenvalue weighted by Crippen LogP contribution is 2.31. The number of aliphatic hydroxyl groups is 5. The average Bonchev–Trinajstić information content (AvgIpc) is 2.81. The van der Waals surface area contributed by atoms with Crippen LogP contribution in [0.4, 0.5) is 0 Å². The van der Waals surface area contributed by atoms with Gasteiger partial charge in [0, 0.05) is 0 Å². The summed E-state index contributed by atoms with van der Waals surface area (Å²) in [6, 6.07) is 0. The molecule has 2 rings (SSSR count). The molecule has 0 bridgehead atoms. The lowest BCUT2D eigenvalue weighted by Gasteiger charge is -2.46. The first kappa shape index (κ1) is 29.3. The van der Waals surface area contributed by atoms with Crippen molar-refractivity contribution in [3.8, 4) is 0 Å². The maximum atomic E-state index is 12.0. The van der Waals surface area contributed by atoms with Crippen molar-refractivity contribution in [2.75, 3.05) is 7.11 Å². The Morgan fingerprint density at radius 1 is 0.824 bits per heavy atom. The predicted octanol–water partition coefficient (Wildman–Crippen LogP) is -0.0255.